The van der Waals surface area contributed by atoms with Crippen molar-refractivity contribution in [3.05, 3.63) is 85.3 Å². The molecular formula is C30H31Cl4NO6. The van der Waals surface area contributed by atoms with Gasteiger partial charge in [0.2, 0.25) is 0 Å². The number of aryl methyl sites for hydroxylation is 1. The molecule has 0 fully saturated rings. The zero-order chi connectivity index (χ0) is 30.3. The van der Waals surface area contributed by atoms with E-state index in [1.807, 2.05) is 36.1 Å². The van der Waals surface area contributed by atoms with Crippen LogP contribution in [-0.2, 0) is 15.9 Å². The molecule has 0 heterocycles. The molecule has 2 unspecified atom stereocenters. The van der Waals surface area contributed by atoms with Crippen molar-refractivity contribution in [3.63, 3.8) is 0 Å². The number of anilines is 1. The van der Waals surface area contributed by atoms with Gasteiger partial charge in [0.15, 0.2) is 11.5 Å². The van der Waals surface area contributed by atoms with E-state index >= 15 is 0 Å². The molecule has 0 bridgehead atoms. The zero-order valence-electron chi connectivity index (χ0n) is 23.3. The summed E-state index contributed by atoms with van der Waals surface area (Å²) in [5, 5.41) is 0.795. The molecule has 0 saturated carbocycles. The fraction of sp³-hybridized carbons (Fsp3) is 0.333. The predicted molar refractivity (Wildman–Crippen MR) is 164 cm³/mol. The Morgan fingerprint density at radius 1 is 0.707 bits per heavy atom. The summed E-state index contributed by atoms with van der Waals surface area (Å²) in [6, 6.07) is 14.0. The SMILES string of the molecule is CCc1ccccc1N(CC(C)OC(=O)c1c(Cl)ccc(Cl)c1OC)CC(C)OC(=O)c1c(Cl)ccc(Cl)c1OC. The van der Waals surface area contributed by atoms with E-state index in [2.05, 4.69) is 0 Å². The van der Waals surface area contributed by atoms with Crippen molar-refractivity contribution in [2.24, 2.45) is 0 Å². The molecule has 0 N–H and O–H groups in total. The third-order valence-electron chi connectivity index (χ3n) is 6.22. The normalized spacial score (nSPS) is 12.3. The van der Waals surface area contributed by atoms with Crippen LogP contribution < -0.4 is 14.4 Å². The topological polar surface area (TPSA) is 74.3 Å². The number of esters is 2. The molecule has 0 radical (unpaired) electrons. The minimum Gasteiger partial charge on any atom is -0.494 e. The first kappa shape index (κ1) is 32.7. The van der Waals surface area contributed by atoms with E-state index in [1.54, 1.807) is 26.0 Å². The molecule has 41 heavy (non-hydrogen) atoms. The van der Waals surface area contributed by atoms with Crippen molar-refractivity contribution < 1.29 is 28.5 Å². The highest BCUT2D eigenvalue weighted by molar-refractivity contribution is 6.37. The standard InChI is InChI=1S/C30H31Cl4NO6/c1-6-19-9-7-8-10-24(19)35(15-17(2)40-29(36)25-20(31)11-13-22(33)27(25)38-4)16-18(3)41-30(37)26-21(32)12-14-23(34)28(26)39-5/h7-14,17-18H,6,15-16H2,1-5H3. The molecular weight excluding hydrogens is 612 g/mol. The van der Waals surface area contributed by atoms with Gasteiger partial charge in [-0.3, -0.25) is 0 Å². The van der Waals surface area contributed by atoms with Crippen molar-refractivity contribution in [3.8, 4) is 11.5 Å². The summed E-state index contributed by atoms with van der Waals surface area (Å²) in [4.78, 5) is 28.3. The van der Waals surface area contributed by atoms with Crippen molar-refractivity contribution >= 4 is 64.0 Å². The van der Waals surface area contributed by atoms with Gasteiger partial charge in [0.25, 0.3) is 0 Å². The second-order valence-electron chi connectivity index (χ2n) is 9.19. The number of nitrogens with zero attached hydrogens (tertiary/aromatic N) is 1. The molecule has 0 aliphatic heterocycles. The summed E-state index contributed by atoms with van der Waals surface area (Å²) in [7, 11) is 2.80. The van der Waals surface area contributed by atoms with Gasteiger partial charge in [-0.1, -0.05) is 71.5 Å². The van der Waals surface area contributed by atoms with Crippen LogP contribution in [-0.4, -0.2) is 51.5 Å². The number of para-hydroxylation sites is 1. The Bertz CT molecular complexity index is 1320. The minimum atomic E-state index is -0.673. The highest BCUT2D eigenvalue weighted by Gasteiger charge is 2.27. The fourth-order valence-corrected chi connectivity index (χ4v) is 5.34. The Morgan fingerprint density at radius 2 is 1.12 bits per heavy atom. The predicted octanol–water partition coefficient (Wildman–Crippen LogP) is 8.18. The van der Waals surface area contributed by atoms with Gasteiger partial charge in [-0.05, 0) is 56.2 Å². The van der Waals surface area contributed by atoms with E-state index in [0.29, 0.717) is 0 Å². The Balaban J connectivity index is 1.84. The van der Waals surface area contributed by atoms with Crippen molar-refractivity contribution in [2.45, 2.75) is 39.4 Å². The Labute approximate surface area is 260 Å². The lowest BCUT2D eigenvalue weighted by Crippen LogP contribution is -2.40. The third-order valence-corrected chi connectivity index (χ3v) is 7.44. The number of methoxy groups -OCH3 is 2. The summed E-state index contributed by atoms with van der Waals surface area (Å²) in [6.45, 7) is 6.14. The first-order chi connectivity index (χ1) is 19.5. The number of rotatable bonds is 12. The highest BCUT2D eigenvalue weighted by Crippen LogP contribution is 2.36. The summed E-state index contributed by atoms with van der Waals surface area (Å²) in [5.74, 6) is -1.07. The lowest BCUT2D eigenvalue weighted by atomic mass is 10.1. The van der Waals surface area contributed by atoms with Crippen LogP contribution in [0.25, 0.3) is 0 Å². The summed E-state index contributed by atoms with van der Waals surface area (Å²) in [6.07, 6.45) is -0.435. The number of carbonyl (C=O) groups is 2. The first-order valence-corrected chi connectivity index (χ1v) is 14.3. The summed E-state index contributed by atoms with van der Waals surface area (Å²) < 4.78 is 22.1. The molecule has 0 saturated heterocycles. The van der Waals surface area contributed by atoms with E-state index in [-0.39, 0.29) is 55.8 Å². The van der Waals surface area contributed by atoms with E-state index in [4.69, 9.17) is 65.4 Å². The quantitative estimate of drug-likeness (QED) is 0.184. The van der Waals surface area contributed by atoms with E-state index in [9.17, 15) is 9.59 Å². The van der Waals surface area contributed by atoms with Gasteiger partial charge in [0, 0.05) is 5.69 Å². The molecule has 220 valence electrons. The number of carbonyl (C=O) groups excluding carboxylic acids is 2. The number of hydrogen-bond donors (Lipinski definition) is 0. The van der Waals surface area contributed by atoms with Gasteiger partial charge in [-0.2, -0.15) is 0 Å². The number of ether oxygens (including phenoxy) is 4. The zero-order valence-corrected chi connectivity index (χ0v) is 26.3. The van der Waals surface area contributed by atoms with Crippen LogP contribution >= 0.6 is 46.4 Å². The Hall–Kier alpha value is -2.84. The Morgan fingerprint density at radius 3 is 1.54 bits per heavy atom. The maximum Gasteiger partial charge on any atom is 0.343 e. The molecule has 3 aromatic rings. The number of hydrogen-bond acceptors (Lipinski definition) is 7. The fourth-order valence-electron chi connectivity index (χ4n) is 4.41. The van der Waals surface area contributed by atoms with Gasteiger partial charge in [-0.25, -0.2) is 9.59 Å². The van der Waals surface area contributed by atoms with Crippen molar-refractivity contribution in [1.29, 1.82) is 0 Å². The molecule has 0 aromatic heterocycles. The molecule has 0 spiro atoms. The second kappa shape index (κ2) is 14.9. The molecule has 0 aliphatic rings. The van der Waals surface area contributed by atoms with Crippen LogP contribution in [0.5, 0.6) is 11.5 Å². The average molecular weight is 643 g/mol. The van der Waals surface area contributed by atoms with Crippen LogP contribution in [0.15, 0.2) is 48.5 Å². The minimum absolute atomic E-state index is 0.0451. The van der Waals surface area contributed by atoms with Crippen LogP contribution in [0.1, 0.15) is 47.1 Å². The Kier molecular flexibility index (Phi) is 11.9. The second-order valence-corrected chi connectivity index (χ2v) is 10.8. The molecule has 3 aromatic carbocycles. The first-order valence-electron chi connectivity index (χ1n) is 12.8. The average Bonchev–Trinajstić information content (AvgIpc) is 2.94. The maximum atomic E-state index is 13.1. The molecule has 3 rings (SSSR count). The maximum absolute atomic E-state index is 13.1. The van der Waals surface area contributed by atoms with Gasteiger partial charge < -0.3 is 23.8 Å². The van der Waals surface area contributed by atoms with E-state index in [1.165, 1.54) is 26.4 Å². The lowest BCUT2D eigenvalue weighted by molar-refractivity contribution is 0.0320. The largest absolute Gasteiger partial charge is 0.494 e. The van der Waals surface area contributed by atoms with Crippen LogP contribution in [0.4, 0.5) is 5.69 Å². The van der Waals surface area contributed by atoms with Crippen LogP contribution in [0, 0.1) is 0 Å². The van der Waals surface area contributed by atoms with Crippen molar-refractivity contribution in [1.82, 2.24) is 0 Å². The van der Waals surface area contributed by atoms with E-state index in [0.717, 1.165) is 17.7 Å². The molecule has 2 atom stereocenters. The number of benzene rings is 3. The smallest absolute Gasteiger partial charge is 0.343 e. The van der Waals surface area contributed by atoms with Crippen molar-refractivity contribution in [2.75, 3.05) is 32.2 Å². The van der Waals surface area contributed by atoms with Gasteiger partial charge in [0.1, 0.15) is 23.3 Å². The van der Waals surface area contributed by atoms with E-state index < -0.39 is 24.1 Å². The lowest BCUT2D eigenvalue weighted by Gasteiger charge is -2.31. The number of halogens is 4. The summed E-state index contributed by atoms with van der Waals surface area (Å²) in [5.41, 5.74) is 2.08. The van der Waals surface area contributed by atoms with Gasteiger partial charge in [-0.15, -0.1) is 0 Å². The van der Waals surface area contributed by atoms with Gasteiger partial charge >= 0.3 is 11.9 Å². The van der Waals surface area contributed by atoms with Crippen LogP contribution in [0.2, 0.25) is 20.1 Å². The molecule has 0 aliphatic carbocycles. The molecule has 0 amide bonds. The monoisotopic (exact) mass is 641 g/mol. The molecule has 7 nitrogen and oxygen atoms in total. The van der Waals surface area contributed by atoms with Crippen LogP contribution in [0.3, 0.4) is 0 Å². The highest BCUT2D eigenvalue weighted by atomic mass is 35.5. The summed E-state index contributed by atoms with van der Waals surface area (Å²) >= 11 is 25.0. The molecule has 11 heteroatoms. The van der Waals surface area contributed by atoms with Gasteiger partial charge in [0.05, 0.1) is 47.4 Å². The third kappa shape index (κ3) is 7.92.